The average molecular weight is 263 g/mol. The molecule has 0 radical (unpaired) electrons. The number of ether oxygens (including phenoxy) is 1. The zero-order valence-corrected chi connectivity index (χ0v) is 12.5. The first-order chi connectivity index (χ1) is 9.08. The van der Waals surface area contributed by atoms with Gasteiger partial charge in [0, 0.05) is 19.2 Å². The Balaban J connectivity index is 2.61. The molecule has 0 spiro atoms. The van der Waals surface area contributed by atoms with Crippen molar-refractivity contribution < 1.29 is 9.53 Å². The van der Waals surface area contributed by atoms with Gasteiger partial charge in [0.1, 0.15) is 0 Å². The Morgan fingerprint density at radius 2 is 1.89 bits per heavy atom. The SMILES string of the molecule is CCN(CCOC)CC(=O)c1ccc(C(C)C)cc1. The van der Waals surface area contributed by atoms with E-state index in [1.165, 1.54) is 5.56 Å². The van der Waals surface area contributed by atoms with Gasteiger partial charge in [-0.1, -0.05) is 45.0 Å². The summed E-state index contributed by atoms with van der Waals surface area (Å²) in [6.45, 7) is 9.14. The maximum absolute atomic E-state index is 12.2. The molecule has 0 aliphatic heterocycles. The van der Waals surface area contributed by atoms with Crippen LogP contribution in [0.3, 0.4) is 0 Å². The monoisotopic (exact) mass is 263 g/mol. The van der Waals surface area contributed by atoms with Crippen molar-refractivity contribution in [1.29, 1.82) is 0 Å². The third kappa shape index (κ3) is 5.13. The molecule has 19 heavy (non-hydrogen) atoms. The molecule has 0 saturated carbocycles. The molecule has 0 aliphatic carbocycles. The Morgan fingerprint density at radius 3 is 2.37 bits per heavy atom. The van der Waals surface area contributed by atoms with Crippen molar-refractivity contribution in [3.05, 3.63) is 35.4 Å². The van der Waals surface area contributed by atoms with Gasteiger partial charge in [-0.3, -0.25) is 9.69 Å². The highest BCUT2D eigenvalue weighted by Gasteiger charge is 2.11. The molecule has 0 aromatic heterocycles. The molecule has 0 aliphatic rings. The number of Topliss-reactive ketones (excluding diaryl/α,β-unsaturated/α-hetero) is 1. The van der Waals surface area contributed by atoms with Gasteiger partial charge in [0.05, 0.1) is 13.2 Å². The number of hydrogen-bond donors (Lipinski definition) is 0. The first-order valence-corrected chi connectivity index (χ1v) is 6.93. The Hall–Kier alpha value is -1.19. The van der Waals surface area contributed by atoms with E-state index in [-0.39, 0.29) is 5.78 Å². The third-order valence-corrected chi connectivity index (χ3v) is 3.33. The normalized spacial score (nSPS) is 11.3. The highest BCUT2D eigenvalue weighted by atomic mass is 16.5. The third-order valence-electron chi connectivity index (χ3n) is 3.33. The number of ketones is 1. The largest absolute Gasteiger partial charge is 0.383 e. The van der Waals surface area contributed by atoms with Crippen molar-refractivity contribution in [1.82, 2.24) is 4.90 Å². The Kier molecular flexibility index (Phi) is 6.74. The molecule has 0 saturated heterocycles. The van der Waals surface area contributed by atoms with Crippen molar-refractivity contribution in [2.24, 2.45) is 0 Å². The number of carbonyl (C=O) groups excluding carboxylic acids is 1. The standard InChI is InChI=1S/C16H25NO2/c1-5-17(10-11-19-4)12-16(18)15-8-6-14(7-9-15)13(2)3/h6-9,13H,5,10-12H2,1-4H3. The fraction of sp³-hybridized carbons (Fsp3) is 0.562. The molecule has 1 rings (SSSR count). The minimum absolute atomic E-state index is 0.174. The lowest BCUT2D eigenvalue weighted by atomic mass is 10.0. The molecule has 0 heterocycles. The number of likely N-dealkylation sites (N-methyl/N-ethyl adjacent to an activating group) is 1. The molecular weight excluding hydrogens is 238 g/mol. The molecule has 0 unspecified atom stereocenters. The molecule has 1 aromatic rings. The van der Waals surface area contributed by atoms with Crippen molar-refractivity contribution in [2.45, 2.75) is 26.7 Å². The Morgan fingerprint density at radius 1 is 1.26 bits per heavy atom. The van der Waals surface area contributed by atoms with Gasteiger partial charge in [0.15, 0.2) is 5.78 Å². The minimum Gasteiger partial charge on any atom is -0.383 e. The van der Waals surface area contributed by atoms with Crippen LogP contribution in [0.15, 0.2) is 24.3 Å². The van der Waals surface area contributed by atoms with Gasteiger partial charge < -0.3 is 4.74 Å². The van der Waals surface area contributed by atoms with E-state index in [0.717, 1.165) is 18.7 Å². The van der Waals surface area contributed by atoms with E-state index in [1.807, 2.05) is 24.3 Å². The number of rotatable bonds is 8. The van der Waals surface area contributed by atoms with Crippen LogP contribution in [0.1, 0.15) is 42.6 Å². The zero-order valence-electron chi connectivity index (χ0n) is 12.5. The van der Waals surface area contributed by atoms with Crippen LogP contribution >= 0.6 is 0 Å². The predicted octanol–water partition coefficient (Wildman–Crippen LogP) is 2.96. The molecule has 106 valence electrons. The second-order valence-electron chi connectivity index (χ2n) is 5.06. The maximum atomic E-state index is 12.2. The van der Waals surface area contributed by atoms with E-state index < -0.39 is 0 Å². The summed E-state index contributed by atoms with van der Waals surface area (Å²) in [5.74, 6) is 0.672. The molecule has 3 heteroatoms. The molecule has 0 N–H and O–H groups in total. The summed E-state index contributed by atoms with van der Waals surface area (Å²) in [7, 11) is 1.68. The molecule has 3 nitrogen and oxygen atoms in total. The number of hydrogen-bond acceptors (Lipinski definition) is 3. The lowest BCUT2D eigenvalue weighted by molar-refractivity contribution is 0.0902. The van der Waals surface area contributed by atoms with Gasteiger partial charge in [-0.15, -0.1) is 0 Å². The van der Waals surface area contributed by atoms with Crippen LogP contribution in [0.25, 0.3) is 0 Å². The topological polar surface area (TPSA) is 29.5 Å². The molecule has 0 atom stereocenters. The summed E-state index contributed by atoms with van der Waals surface area (Å²) in [5.41, 5.74) is 2.06. The number of benzene rings is 1. The molecular formula is C16H25NO2. The van der Waals surface area contributed by atoms with Gasteiger partial charge >= 0.3 is 0 Å². The predicted molar refractivity (Wildman–Crippen MR) is 78.9 cm³/mol. The molecule has 0 bridgehead atoms. The fourth-order valence-corrected chi connectivity index (χ4v) is 1.92. The first kappa shape index (κ1) is 15.9. The maximum Gasteiger partial charge on any atom is 0.176 e. The Labute approximate surface area is 116 Å². The van der Waals surface area contributed by atoms with Crippen LogP contribution < -0.4 is 0 Å². The van der Waals surface area contributed by atoms with Crippen molar-refractivity contribution in [3.63, 3.8) is 0 Å². The van der Waals surface area contributed by atoms with E-state index >= 15 is 0 Å². The lowest BCUT2D eigenvalue weighted by Gasteiger charge is -2.19. The summed E-state index contributed by atoms with van der Waals surface area (Å²) < 4.78 is 5.05. The van der Waals surface area contributed by atoms with Gasteiger partial charge in [-0.2, -0.15) is 0 Å². The Bertz CT molecular complexity index is 384. The van der Waals surface area contributed by atoms with E-state index in [4.69, 9.17) is 4.74 Å². The zero-order chi connectivity index (χ0) is 14.3. The van der Waals surface area contributed by atoms with Crippen LogP contribution in [0, 0.1) is 0 Å². The van der Waals surface area contributed by atoms with Crippen LogP contribution in [0.4, 0.5) is 0 Å². The molecule has 0 amide bonds. The van der Waals surface area contributed by atoms with Crippen molar-refractivity contribution in [3.8, 4) is 0 Å². The van der Waals surface area contributed by atoms with Gasteiger partial charge in [-0.05, 0) is 18.0 Å². The minimum atomic E-state index is 0.174. The van der Waals surface area contributed by atoms with Crippen LogP contribution in [-0.4, -0.2) is 44.0 Å². The average Bonchev–Trinajstić information content (AvgIpc) is 2.43. The summed E-state index contributed by atoms with van der Waals surface area (Å²) in [6.07, 6.45) is 0. The lowest BCUT2D eigenvalue weighted by Crippen LogP contribution is -2.32. The summed E-state index contributed by atoms with van der Waals surface area (Å²) in [6, 6.07) is 7.95. The highest BCUT2D eigenvalue weighted by Crippen LogP contribution is 2.15. The van der Waals surface area contributed by atoms with Crippen LogP contribution in [0.2, 0.25) is 0 Å². The number of nitrogens with zero attached hydrogens (tertiary/aromatic N) is 1. The van der Waals surface area contributed by atoms with E-state index in [9.17, 15) is 4.79 Å². The van der Waals surface area contributed by atoms with Gasteiger partial charge in [0.25, 0.3) is 0 Å². The second kappa shape index (κ2) is 8.08. The van der Waals surface area contributed by atoms with E-state index in [1.54, 1.807) is 7.11 Å². The second-order valence-corrected chi connectivity index (χ2v) is 5.06. The van der Waals surface area contributed by atoms with E-state index in [2.05, 4.69) is 25.7 Å². The van der Waals surface area contributed by atoms with Crippen molar-refractivity contribution in [2.75, 3.05) is 33.4 Å². The van der Waals surface area contributed by atoms with Gasteiger partial charge in [0.2, 0.25) is 0 Å². The first-order valence-electron chi connectivity index (χ1n) is 6.93. The summed E-state index contributed by atoms with van der Waals surface area (Å²) >= 11 is 0. The quantitative estimate of drug-likeness (QED) is 0.675. The van der Waals surface area contributed by atoms with E-state index in [0.29, 0.717) is 19.1 Å². The van der Waals surface area contributed by atoms with Crippen molar-refractivity contribution >= 4 is 5.78 Å². The highest BCUT2D eigenvalue weighted by molar-refractivity contribution is 5.97. The van der Waals surface area contributed by atoms with Gasteiger partial charge in [-0.25, -0.2) is 0 Å². The smallest absolute Gasteiger partial charge is 0.176 e. The molecule has 0 fully saturated rings. The number of carbonyl (C=O) groups is 1. The summed E-state index contributed by atoms with van der Waals surface area (Å²) in [5, 5.41) is 0. The number of methoxy groups -OCH3 is 1. The van der Waals surface area contributed by atoms with Crippen LogP contribution in [-0.2, 0) is 4.74 Å². The summed E-state index contributed by atoms with van der Waals surface area (Å²) in [4.78, 5) is 14.3. The van der Waals surface area contributed by atoms with Crippen LogP contribution in [0.5, 0.6) is 0 Å². The molecule has 1 aromatic carbocycles. The fourth-order valence-electron chi connectivity index (χ4n) is 1.92.